The number of para-hydroxylation sites is 1. The van der Waals surface area contributed by atoms with Gasteiger partial charge in [0, 0.05) is 13.1 Å². The van der Waals surface area contributed by atoms with Gasteiger partial charge in [0.25, 0.3) is 14.2 Å². The van der Waals surface area contributed by atoms with Crippen LogP contribution >= 0.6 is 0 Å². The van der Waals surface area contributed by atoms with Crippen LogP contribution in [0.25, 0.3) is 0 Å². The van der Waals surface area contributed by atoms with Crippen LogP contribution in [0.4, 0.5) is 0 Å². The summed E-state index contributed by atoms with van der Waals surface area (Å²) in [7, 11) is -1.95. The highest BCUT2D eigenvalue weighted by molar-refractivity contribution is 6.74. The SMILES string of the molecule is CCN(CC)C(=O)c1ccccc1O[Si](C)(C)C(C)(C)C. The fourth-order valence-electron chi connectivity index (χ4n) is 1.84. The molecule has 0 aromatic heterocycles. The maximum absolute atomic E-state index is 12.6. The van der Waals surface area contributed by atoms with Gasteiger partial charge in [-0.15, -0.1) is 0 Å². The normalized spacial score (nSPS) is 12.1. The zero-order valence-electron chi connectivity index (χ0n) is 14.5. The third-order valence-electron chi connectivity index (χ3n) is 4.34. The molecule has 0 saturated carbocycles. The molecule has 0 N–H and O–H groups in total. The minimum absolute atomic E-state index is 0.0503. The lowest BCUT2D eigenvalue weighted by atomic mass is 10.2. The first-order valence-corrected chi connectivity index (χ1v) is 10.6. The van der Waals surface area contributed by atoms with Gasteiger partial charge in [0.2, 0.25) is 0 Å². The van der Waals surface area contributed by atoms with Gasteiger partial charge in [-0.25, -0.2) is 0 Å². The molecule has 21 heavy (non-hydrogen) atoms. The number of hydrogen-bond donors (Lipinski definition) is 0. The minimum atomic E-state index is -1.95. The van der Waals surface area contributed by atoms with Gasteiger partial charge < -0.3 is 9.33 Å². The van der Waals surface area contributed by atoms with E-state index in [1.807, 2.05) is 43.0 Å². The molecule has 0 heterocycles. The average Bonchev–Trinajstić information content (AvgIpc) is 2.38. The molecule has 118 valence electrons. The van der Waals surface area contributed by atoms with Gasteiger partial charge >= 0.3 is 0 Å². The second-order valence-corrected chi connectivity index (χ2v) is 11.6. The van der Waals surface area contributed by atoms with Crippen molar-refractivity contribution in [3.8, 4) is 5.75 Å². The van der Waals surface area contributed by atoms with Crippen LogP contribution in [0.2, 0.25) is 18.1 Å². The third kappa shape index (κ3) is 4.10. The summed E-state index contributed by atoms with van der Waals surface area (Å²) in [4.78, 5) is 14.5. The van der Waals surface area contributed by atoms with E-state index in [0.717, 1.165) is 5.75 Å². The van der Waals surface area contributed by atoms with Gasteiger partial charge in [0.05, 0.1) is 5.56 Å². The van der Waals surface area contributed by atoms with E-state index in [0.29, 0.717) is 18.7 Å². The van der Waals surface area contributed by atoms with Crippen LogP contribution in [0.1, 0.15) is 45.0 Å². The lowest BCUT2D eigenvalue weighted by Gasteiger charge is -2.37. The zero-order chi connectivity index (χ0) is 16.3. The smallest absolute Gasteiger partial charge is 0.257 e. The molecule has 0 bridgehead atoms. The zero-order valence-corrected chi connectivity index (χ0v) is 15.5. The summed E-state index contributed by atoms with van der Waals surface area (Å²) in [5.74, 6) is 0.773. The Kier molecular flexibility index (Phi) is 5.62. The predicted octanol–water partition coefficient (Wildman–Crippen LogP) is 4.55. The van der Waals surface area contributed by atoms with Crippen LogP contribution in [0.15, 0.2) is 24.3 Å². The number of benzene rings is 1. The van der Waals surface area contributed by atoms with E-state index in [1.54, 1.807) is 0 Å². The molecule has 1 aromatic carbocycles. The molecule has 0 radical (unpaired) electrons. The van der Waals surface area contributed by atoms with E-state index in [4.69, 9.17) is 4.43 Å². The maximum Gasteiger partial charge on any atom is 0.257 e. The summed E-state index contributed by atoms with van der Waals surface area (Å²) in [6.07, 6.45) is 0. The largest absolute Gasteiger partial charge is 0.543 e. The molecule has 0 saturated heterocycles. The van der Waals surface area contributed by atoms with Crippen molar-refractivity contribution in [1.82, 2.24) is 4.90 Å². The summed E-state index contributed by atoms with van der Waals surface area (Å²) < 4.78 is 6.35. The topological polar surface area (TPSA) is 29.5 Å². The fourth-order valence-corrected chi connectivity index (χ4v) is 2.88. The monoisotopic (exact) mass is 307 g/mol. The van der Waals surface area contributed by atoms with Crippen molar-refractivity contribution in [3.05, 3.63) is 29.8 Å². The lowest BCUT2D eigenvalue weighted by Crippen LogP contribution is -2.44. The number of nitrogens with zero attached hydrogens (tertiary/aromatic N) is 1. The number of hydrogen-bond acceptors (Lipinski definition) is 2. The van der Waals surface area contributed by atoms with E-state index in [2.05, 4.69) is 33.9 Å². The van der Waals surface area contributed by atoms with E-state index in [9.17, 15) is 4.79 Å². The minimum Gasteiger partial charge on any atom is -0.543 e. The molecule has 1 rings (SSSR count). The summed E-state index contributed by atoms with van der Waals surface area (Å²) in [6.45, 7) is 16.4. The first-order valence-electron chi connectivity index (χ1n) is 7.71. The Morgan fingerprint density at radius 1 is 1.14 bits per heavy atom. The molecule has 4 heteroatoms. The van der Waals surface area contributed by atoms with Crippen LogP contribution < -0.4 is 4.43 Å². The third-order valence-corrected chi connectivity index (χ3v) is 8.68. The van der Waals surface area contributed by atoms with Crippen molar-refractivity contribution in [3.63, 3.8) is 0 Å². The quantitative estimate of drug-likeness (QED) is 0.747. The van der Waals surface area contributed by atoms with Crippen molar-refractivity contribution < 1.29 is 9.22 Å². The summed E-state index contributed by atoms with van der Waals surface area (Å²) in [5, 5.41) is 0.109. The standard InChI is InChI=1S/C17H29NO2Si/c1-8-18(9-2)16(19)14-12-10-11-13-15(14)20-21(6,7)17(3,4)5/h10-13H,8-9H2,1-7H3. The van der Waals surface area contributed by atoms with E-state index in [-0.39, 0.29) is 10.9 Å². The number of carbonyl (C=O) groups excluding carboxylic acids is 1. The highest BCUT2D eigenvalue weighted by Gasteiger charge is 2.39. The van der Waals surface area contributed by atoms with Crippen molar-refractivity contribution in [2.75, 3.05) is 13.1 Å². The summed E-state index contributed by atoms with van der Waals surface area (Å²) in [6, 6.07) is 7.61. The Bertz CT molecular complexity index is 488. The van der Waals surface area contributed by atoms with Crippen LogP contribution in [-0.2, 0) is 0 Å². The molecule has 0 atom stereocenters. The number of amides is 1. The molecule has 0 fully saturated rings. The predicted molar refractivity (Wildman–Crippen MR) is 91.5 cm³/mol. The maximum atomic E-state index is 12.6. The molecular formula is C17H29NO2Si. The van der Waals surface area contributed by atoms with Gasteiger partial charge in [-0.2, -0.15) is 0 Å². The Hall–Kier alpha value is -1.29. The van der Waals surface area contributed by atoms with Crippen molar-refractivity contribution in [2.45, 2.75) is 52.8 Å². The van der Waals surface area contributed by atoms with Crippen LogP contribution in [-0.4, -0.2) is 32.2 Å². The van der Waals surface area contributed by atoms with Crippen molar-refractivity contribution in [2.24, 2.45) is 0 Å². The molecule has 3 nitrogen and oxygen atoms in total. The van der Waals surface area contributed by atoms with E-state index >= 15 is 0 Å². The summed E-state index contributed by atoms with van der Waals surface area (Å²) >= 11 is 0. The highest BCUT2D eigenvalue weighted by atomic mass is 28.4. The Balaban J connectivity index is 3.14. The Morgan fingerprint density at radius 3 is 2.14 bits per heavy atom. The van der Waals surface area contributed by atoms with Crippen LogP contribution in [0.3, 0.4) is 0 Å². The number of carbonyl (C=O) groups is 1. The van der Waals surface area contributed by atoms with Gasteiger partial charge in [-0.3, -0.25) is 4.79 Å². The van der Waals surface area contributed by atoms with Gasteiger partial charge in [-0.05, 0) is 44.1 Å². The Morgan fingerprint density at radius 2 is 1.67 bits per heavy atom. The van der Waals surface area contributed by atoms with Crippen molar-refractivity contribution >= 4 is 14.2 Å². The molecule has 0 unspecified atom stereocenters. The molecule has 0 aliphatic carbocycles. The summed E-state index contributed by atoms with van der Waals surface area (Å²) in [5.41, 5.74) is 0.672. The fraction of sp³-hybridized carbons (Fsp3) is 0.588. The first-order chi connectivity index (χ1) is 9.64. The van der Waals surface area contributed by atoms with E-state index in [1.165, 1.54) is 0 Å². The molecule has 0 spiro atoms. The van der Waals surface area contributed by atoms with Gasteiger partial charge in [0.1, 0.15) is 5.75 Å². The average molecular weight is 308 g/mol. The molecule has 0 aliphatic rings. The lowest BCUT2D eigenvalue weighted by molar-refractivity contribution is 0.0771. The number of rotatable bonds is 5. The van der Waals surface area contributed by atoms with E-state index < -0.39 is 8.32 Å². The second-order valence-electron chi connectivity index (χ2n) is 6.84. The van der Waals surface area contributed by atoms with Gasteiger partial charge in [-0.1, -0.05) is 32.9 Å². The van der Waals surface area contributed by atoms with Gasteiger partial charge in [0.15, 0.2) is 0 Å². The van der Waals surface area contributed by atoms with Crippen molar-refractivity contribution in [1.29, 1.82) is 0 Å². The highest BCUT2D eigenvalue weighted by Crippen LogP contribution is 2.38. The molecular weight excluding hydrogens is 278 g/mol. The van der Waals surface area contributed by atoms with Crippen LogP contribution in [0, 0.1) is 0 Å². The molecule has 1 aromatic rings. The second kappa shape index (κ2) is 6.65. The molecule has 1 amide bonds. The van der Waals surface area contributed by atoms with Crippen LogP contribution in [0.5, 0.6) is 5.75 Å². The molecule has 0 aliphatic heterocycles. The first kappa shape index (κ1) is 17.8. The Labute approximate surface area is 130 Å².